The number of sulfonamides is 1. The highest BCUT2D eigenvalue weighted by Crippen LogP contribution is 2.46. The van der Waals surface area contributed by atoms with Crippen molar-refractivity contribution in [2.24, 2.45) is 5.92 Å². The first kappa shape index (κ1) is 34.0. The van der Waals surface area contributed by atoms with Gasteiger partial charge in [0.05, 0.1) is 17.0 Å². The van der Waals surface area contributed by atoms with Crippen molar-refractivity contribution in [2.75, 3.05) is 13.2 Å². The average Bonchev–Trinajstić information content (AvgIpc) is 3.74. The standard InChI is InChI=1S/C28H48N4O9S/c1-8-10-13-40-20(9-2)21(29-25(37)41-26(4,5)6)23(35)32-16-18(33)14-19(32)22(34)30-28(15-17(28)3)24(36)31-42(38,39)27(7)11-12-27/h17-21,33H,8-16H2,1-7H3,(H,29,37)(H,30,34)(H,31,36)/t17-,18-,19+,20+,21+,28-/m1/s1. The smallest absolute Gasteiger partial charge is 0.408 e. The Morgan fingerprint density at radius 2 is 1.76 bits per heavy atom. The number of carbonyl (C=O) groups excluding carboxylic acids is 4. The van der Waals surface area contributed by atoms with E-state index in [9.17, 15) is 32.7 Å². The number of rotatable bonds is 13. The predicted molar refractivity (Wildman–Crippen MR) is 154 cm³/mol. The lowest BCUT2D eigenvalue weighted by atomic mass is 10.1. The predicted octanol–water partition coefficient (Wildman–Crippen LogP) is 1.33. The number of aliphatic hydroxyl groups excluding tert-OH is 1. The summed E-state index contributed by atoms with van der Waals surface area (Å²) in [7, 11) is -3.92. The van der Waals surface area contributed by atoms with E-state index >= 15 is 0 Å². The molecule has 3 fully saturated rings. The number of nitrogens with zero attached hydrogens (tertiary/aromatic N) is 1. The molecule has 42 heavy (non-hydrogen) atoms. The lowest BCUT2D eigenvalue weighted by Gasteiger charge is -2.33. The molecule has 6 atom stereocenters. The van der Waals surface area contributed by atoms with Crippen LogP contribution in [0.25, 0.3) is 0 Å². The van der Waals surface area contributed by atoms with Gasteiger partial charge in [-0.25, -0.2) is 13.2 Å². The molecule has 4 N–H and O–H groups in total. The third kappa shape index (κ3) is 7.73. The van der Waals surface area contributed by atoms with Crippen LogP contribution >= 0.6 is 0 Å². The molecule has 0 aromatic rings. The molecule has 2 aliphatic carbocycles. The summed E-state index contributed by atoms with van der Waals surface area (Å²) in [6, 6.07) is -2.36. The molecule has 1 aliphatic heterocycles. The SMILES string of the molecule is CCCCO[C@@H](CC)[C@H](NC(=O)OC(C)(C)C)C(=O)N1C[C@H](O)C[C@H]1C(=O)N[C@]1(C(=O)NS(=O)(=O)C2(C)CC2)C[C@H]1C. The molecule has 1 saturated heterocycles. The van der Waals surface area contributed by atoms with Gasteiger partial charge in [-0.1, -0.05) is 27.2 Å². The second kappa shape index (κ2) is 12.7. The van der Waals surface area contributed by atoms with Crippen molar-refractivity contribution in [3.05, 3.63) is 0 Å². The van der Waals surface area contributed by atoms with E-state index in [-0.39, 0.29) is 25.3 Å². The molecule has 2 saturated carbocycles. The van der Waals surface area contributed by atoms with Crippen LogP contribution in [0.1, 0.15) is 93.4 Å². The summed E-state index contributed by atoms with van der Waals surface area (Å²) in [6.07, 6.45) is 0.430. The molecule has 3 aliphatic rings. The second-order valence-corrected chi connectivity index (χ2v) is 15.3. The van der Waals surface area contributed by atoms with Crippen molar-refractivity contribution >= 4 is 33.8 Å². The van der Waals surface area contributed by atoms with Crippen LogP contribution in [0.3, 0.4) is 0 Å². The lowest BCUT2D eigenvalue weighted by molar-refractivity contribution is -0.144. The van der Waals surface area contributed by atoms with Crippen LogP contribution in [0.5, 0.6) is 0 Å². The normalized spacial score (nSPS) is 27.9. The van der Waals surface area contributed by atoms with Crippen LogP contribution in [0.4, 0.5) is 4.79 Å². The Hall–Kier alpha value is -2.45. The van der Waals surface area contributed by atoms with Crippen LogP contribution in [-0.2, 0) is 33.9 Å². The molecule has 14 heteroatoms. The van der Waals surface area contributed by atoms with Gasteiger partial charge < -0.3 is 30.1 Å². The third-order valence-corrected chi connectivity index (χ3v) is 10.5. The van der Waals surface area contributed by atoms with E-state index in [0.717, 1.165) is 12.8 Å². The van der Waals surface area contributed by atoms with Gasteiger partial charge in [0.1, 0.15) is 23.2 Å². The Bertz CT molecular complexity index is 1150. The van der Waals surface area contributed by atoms with Gasteiger partial charge in [0.15, 0.2) is 0 Å². The molecular weight excluding hydrogens is 568 g/mol. The molecule has 240 valence electrons. The summed E-state index contributed by atoms with van der Waals surface area (Å²) < 4.78 is 37.8. The van der Waals surface area contributed by atoms with E-state index in [2.05, 4.69) is 15.4 Å². The quantitative estimate of drug-likeness (QED) is 0.222. The Kier molecular flexibility index (Phi) is 10.3. The van der Waals surface area contributed by atoms with Crippen LogP contribution in [0, 0.1) is 5.92 Å². The highest BCUT2D eigenvalue weighted by molar-refractivity contribution is 7.91. The number of hydrogen-bond acceptors (Lipinski definition) is 9. The van der Waals surface area contributed by atoms with E-state index in [1.807, 2.05) is 13.8 Å². The number of hydrogen-bond donors (Lipinski definition) is 4. The van der Waals surface area contributed by atoms with Crippen molar-refractivity contribution in [1.29, 1.82) is 0 Å². The lowest BCUT2D eigenvalue weighted by Crippen LogP contribution is -2.60. The second-order valence-electron chi connectivity index (χ2n) is 13.1. The fourth-order valence-electron chi connectivity index (χ4n) is 5.12. The molecule has 0 aromatic heterocycles. The largest absolute Gasteiger partial charge is 0.444 e. The number of aliphatic hydroxyl groups is 1. The first-order valence-corrected chi connectivity index (χ1v) is 16.4. The Morgan fingerprint density at radius 3 is 2.26 bits per heavy atom. The number of β-amino-alcohol motifs (C(OH)–C–C–N with tert-alkyl or cyclic N) is 1. The Balaban J connectivity index is 1.80. The number of amides is 4. The highest BCUT2D eigenvalue weighted by atomic mass is 32.2. The van der Waals surface area contributed by atoms with Gasteiger partial charge in [0.2, 0.25) is 21.8 Å². The molecule has 0 bridgehead atoms. The minimum atomic E-state index is -3.92. The highest BCUT2D eigenvalue weighted by Gasteiger charge is 2.62. The summed E-state index contributed by atoms with van der Waals surface area (Å²) in [5.74, 6) is -2.47. The van der Waals surface area contributed by atoms with Crippen molar-refractivity contribution in [3.8, 4) is 0 Å². The van der Waals surface area contributed by atoms with Gasteiger partial charge in [0.25, 0.3) is 5.91 Å². The Morgan fingerprint density at radius 1 is 1.14 bits per heavy atom. The minimum Gasteiger partial charge on any atom is -0.444 e. The first-order chi connectivity index (χ1) is 19.4. The molecule has 3 rings (SSSR count). The third-order valence-electron chi connectivity index (χ3n) is 8.30. The molecule has 0 radical (unpaired) electrons. The molecule has 1 heterocycles. The summed E-state index contributed by atoms with van der Waals surface area (Å²) >= 11 is 0. The molecule has 4 amide bonds. The number of nitrogens with one attached hydrogen (secondary N) is 3. The molecule has 0 spiro atoms. The maximum atomic E-state index is 14.0. The van der Waals surface area contributed by atoms with Crippen LogP contribution < -0.4 is 15.4 Å². The van der Waals surface area contributed by atoms with Crippen LogP contribution in [-0.4, -0.2) is 95.6 Å². The van der Waals surface area contributed by atoms with E-state index in [1.165, 1.54) is 4.90 Å². The number of likely N-dealkylation sites (tertiary alicyclic amines) is 1. The maximum Gasteiger partial charge on any atom is 0.408 e. The molecule has 13 nitrogen and oxygen atoms in total. The molecule has 0 aromatic carbocycles. The van der Waals surface area contributed by atoms with E-state index in [1.54, 1.807) is 34.6 Å². The van der Waals surface area contributed by atoms with Gasteiger partial charge in [-0.05, 0) is 65.7 Å². The zero-order valence-corrected chi connectivity index (χ0v) is 26.6. The number of alkyl carbamates (subject to hydrolysis) is 1. The van der Waals surface area contributed by atoms with Crippen molar-refractivity contribution in [1.82, 2.24) is 20.3 Å². The van der Waals surface area contributed by atoms with Gasteiger partial charge >= 0.3 is 6.09 Å². The number of ether oxygens (including phenoxy) is 2. The van der Waals surface area contributed by atoms with Gasteiger partial charge in [-0.2, -0.15) is 0 Å². The number of unbranched alkanes of at least 4 members (excludes halogenated alkanes) is 1. The van der Waals surface area contributed by atoms with E-state index in [0.29, 0.717) is 25.9 Å². The fourth-order valence-corrected chi connectivity index (χ4v) is 6.43. The fraction of sp³-hybridized carbons (Fsp3) is 0.857. The summed E-state index contributed by atoms with van der Waals surface area (Å²) in [6.45, 7) is 12.3. The van der Waals surface area contributed by atoms with Crippen molar-refractivity contribution in [2.45, 2.75) is 134 Å². The minimum absolute atomic E-state index is 0.0906. The van der Waals surface area contributed by atoms with Crippen molar-refractivity contribution in [3.63, 3.8) is 0 Å². The van der Waals surface area contributed by atoms with E-state index in [4.69, 9.17) is 9.47 Å². The summed E-state index contributed by atoms with van der Waals surface area (Å²) in [5, 5.41) is 15.8. The van der Waals surface area contributed by atoms with Crippen LogP contribution in [0.2, 0.25) is 0 Å². The topological polar surface area (TPSA) is 180 Å². The van der Waals surface area contributed by atoms with Gasteiger partial charge in [-0.15, -0.1) is 0 Å². The summed E-state index contributed by atoms with van der Waals surface area (Å²) in [5.41, 5.74) is -2.27. The number of carbonyl (C=O) groups is 4. The van der Waals surface area contributed by atoms with Crippen LogP contribution in [0.15, 0.2) is 0 Å². The van der Waals surface area contributed by atoms with E-state index < -0.39 is 74.0 Å². The first-order valence-electron chi connectivity index (χ1n) is 14.9. The Labute approximate surface area is 248 Å². The van der Waals surface area contributed by atoms with Crippen molar-refractivity contribution < 1.29 is 42.2 Å². The van der Waals surface area contributed by atoms with Gasteiger partial charge in [-0.3, -0.25) is 19.1 Å². The monoisotopic (exact) mass is 616 g/mol. The zero-order chi connectivity index (χ0) is 31.7. The zero-order valence-electron chi connectivity index (χ0n) is 25.8. The average molecular weight is 617 g/mol. The molecule has 0 unspecified atom stereocenters. The molecular formula is C28H48N4O9S. The van der Waals surface area contributed by atoms with Gasteiger partial charge in [0, 0.05) is 19.6 Å². The maximum absolute atomic E-state index is 14.0. The summed E-state index contributed by atoms with van der Waals surface area (Å²) in [4.78, 5) is 54.6.